The zero-order valence-electron chi connectivity index (χ0n) is 12.7. The Balaban J connectivity index is 1.99. The molecule has 0 aliphatic carbocycles. The van der Waals surface area contributed by atoms with Gasteiger partial charge in [-0.15, -0.1) is 0 Å². The predicted octanol–water partition coefficient (Wildman–Crippen LogP) is 2.97. The first-order chi connectivity index (χ1) is 11.6. The summed E-state index contributed by atoms with van der Waals surface area (Å²) in [5.74, 6) is 1.25. The number of nitro groups is 1. The first-order valence-electron chi connectivity index (χ1n) is 7.02. The number of aryl methyl sites for hydroxylation is 1. The highest BCUT2D eigenvalue weighted by molar-refractivity contribution is 5.67. The number of anilines is 4. The van der Waals surface area contributed by atoms with Gasteiger partial charge in [0.2, 0.25) is 11.8 Å². The smallest absolute Gasteiger partial charge is 0.319 e. The summed E-state index contributed by atoms with van der Waals surface area (Å²) in [7, 11) is 0. The molecular formula is C15H13N7O2. The van der Waals surface area contributed by atoms with Crippen molar-refractivity contribution in [2.75, 3.05) is 10.6 Å². The van der Waals surface area contributed by atoms with Crippen LogP contribution in [0.2, 0.25) is 0 Å². The molecule has 3 aromatic heterocycles. The summed E-state index contributed by atoms with van der Waals surface area (Å²) in [6.45, 7) is 1.55. The number of pyridine rings is 2. The number of hydrogen-bond acceptors (Lipinski definition) is 8. The van der Waals surface area contributed by atoms with Crippen molar-refractivity contribution in [3.8, 4) is 0 Å². The van der Waals surface area contributed by atoms with Gasteiger partial charge in [0.1, 0.15) is 17.3 Å². The van der Waals surface area contributed by atoms with Crippen molar-refractivity contribution >= 4 is 29.1 Å². The van der Waals surface area contributed by atoms with Crippen LogP contribution in [0.4, 0.5) is 29.1 Å². The normalized spacial score (nSPS) is 10.2. The Morgan fingerprint density at radius 3 is 2.12 bits per heavy atom. The van der Waals surface area contributed by atoms with Crippen molar-refractivity contribution in [2.45, 2.75) is 6.92 Å². The second-order valence-corrected chi connectivity index (χ2v) is 4.77. The van der Waals surface area contributed by atoms with Crippen LogP contribution in [-0.4, -0.2) is 24.9 Å². The van der Waals surface area contributed by atoms with Gasteiger partial charge in [0, 0.05) is 12.4 Å². The lowest BCUT2D eigenvalue weighted by molar-refractivity contribution is -0.385. The average Bonchev–Trinajstić information content (AvgIpc) is 2.56. The molecule has 9 heteroatoms. The van der Waals surface area contributed by atoms with Crippen molar-refractivity contribution in [3.05, 3.63) is 64.6 Å². The average molecular weight is 323 g/mol. The van der Waals surface area contributed by atoms with Crippen LogP contribution in [-0.2, 0) is 0 Å². The van der Waals surface area contributed by atoms with E-state index in [1.165, 1.54) is 0 Å². The van der Waals surface area contributed by atoms with Gasteiger partial charge in [-0.3, -0.25) is 10.1 Å². The first-order valence-corrected chi connectivity index (χ1v) is 7.02. The predicted molar refractivity (Wildman–Crippen MR) is 88.5 cm³/mol. The topological polar surface area (TPSA) is 119 Å². The maximum Gasteiger partial charge on any atom is 0.332 e. The molecule has 0 amide bonds. The van der Waals surface area contributed by atoms with E-state index in [0.717, 1.165) is 0 Å². The lowest BCUT2D eigenvalue weighted by Gasteiger charge is -2.10. The lowest BCUT2D eigenvalue weighted by Crippen LogP contribution is -2.08. The summed E-state index contributed by atoms with van der Waals surface area (Å²) >= 11 is 0. The Hall–Kier alpha value is -3.62. The second-order valence-electron chi connectivity index (χ2n) is 4.77. The van der Waals surface area contributed by atoms with Crippen molar-refractivity contribution in [2.24, 2.45) is 0 Å². The highest BCUT2D eigenvalue weighted by Crippen LogP contribution is 2.29. The summed E-state index contributed by atoms with van der Waals surface area (Å²) in [5, 5.41) is 17.1. The standard InChI is InChI=1S/C15H13N7O2/c1-10-13(22(23)24)14(19-11-6-2-4-8-16-11)21-15(18-10)20-12-7-3-5-9-17-12/h2-9H,1H3,(H2,16,17,18,19,20,21). The SMILES string of the molecule is Cc1nc(Nc2ccccn2)nc(Nc2ccccn2)c1[N+](=O)[O-]. The van der Waals surface area contributed by atoms with E-state index in [4.69, 9.17) is 0 Å². The molecule has 0 atom stereocenters. The van der Waals surface area contributed by atoms with E-state index in [-0.39, 0.29) is 23.1 Å². The van der Waals surface area contributed by atoms with E-state index in [9.17, 15) is 10.1 Å². The summed E-state index contributed by atoms with van der Waals surface area (Å²) in [6, 6.07) is 10.5. The van der Waals surface area contributed by atoms with Gasteiger partial charge in [-0.25, -0.2) is 15.0 Å². The van der Waals surface area contributed by atoms with Crippen LogP contribution in [0.3, 0.4) is 0 Å². The van der Waals surface area contributed by atoms with E-state index in [1.54, 1.807) is 55.7 Å². The molecule has 0 fully saturated rings. The van der Waals surface area contributed by atoms with Gasteiger partial charge in [-0.2, -0.15) is 4.98 Å². The molecule has 0 saturated carbocycles. The molecule has 9 nitrogen and oxygen atoms in total. The molecule has 0 aromatic carbocycles. The minimum Gasteiger partial charge on any atom is -0.319 e. The Labute approximate surface area is 137 Å². The van der Waals surface area contributed by atoms with E-state index in [0.29, 0.717) is 11.6 Å². The molecule has 0 radical (unpaired) electrons. The fourth-order valence-corrected chi connectivity index (χ4v) is 2.04. The largest absolute Gasteiger partial charge is 0.332 e. The highest BCUT2D eigenvalue weighted by atomic mass is 16.6. The van der Waals surface area contributed by atoms with Crippen LogP contribution in [0.5, 0.6) is 0 Å². The minimum absolute atomic E-state index is 0.0598. The fourth-order valence-electron chi connectivity index (χ4n) is 2.04. The van der Waals surface area contributed by atoms with Gasteiger partial charge in [0.25, 0.3) is 0 Å². The molecule has 3 rings (SSSR count). The summed E-state index contributed by atoms with van der Waals surface area (Å²) in [6.07, 6.45) is 3.20. The zero-order valence-corrected chi connectivity index (χ0v) is 12.7. The van der Waals surface area contributed by atoms with Gasteiger partial charge in [0.15, 0.2) is 0 Å². The molecule has 0 unspecified atom stereocenters. The quantitative estimate of drug-likeness (QED) is 0.543. The van der Waals surface area contributed by atoms with Crippen LogP contribution in [0, 0.1) is 17.0 Å². The van der Waals surface area contributed by atoms with Gasteiger partial charge < -0.3 is 10.6 Å². The second kappa shape index (κ2) is 6.65. The molecule has 3 aromatic rings. The maximum absolute atomic E-state index is 11.3. The van der Waals surface area contributed by atoms with E-state index in [2.05, 4.69) is 30.6 Å². The molecule has 0 saturated heterocycles. The van der Waals surface area contributed by atoms with Gasteiger partial charge in [0.05, 0.1) is 4.92 Å². The van der Waals surface area contributed by atoms with Crippen molar-refractivity contribution < 1.29 is 4.92 Å². The van der Waals surface area contributed by atoms with Crippen LogP contribution in [0.15, 0.2) is 48.8 Å². The van der Waals surface area contributed by atoms with E-state index < -0.39 is 4.92 Å². The van der Waals surface area contributed by atoms with Gasteiger partial charge in [-0.05, 0) is 31.2 Å². The Morgan fingerprint density at radius 1 is 0.958 bits per heavy atom. The van der Waals surface area contributed by atoms with Crippen LogP contribution in [0.25, 0.3) is 0 Å². The highest BCUT2D eigenvalue weighted by Gasteiger charge is 2.22. The molecule has 0 aliphatic heterocycles. The number of hydrogen-bond donors (Lipinski definition) is 2. The maximum atomic E-state index is 11.3. The Morgan fingerprint density at radius 2 is 1.58 bits per heavy atom. The molecule has 120 valence electrons. The molecule has 0 spiro atoms. The molecule has 24 heavy (non-hydrogen) atoms. The Kier molecular flexibility index (Phi) is 4.23. The third kappa shape index (κ3) is 3.40. The summed E-state index contributed by atoms with van der Waals surface area (Å²) in [4.78, 5) is 27.3. The first kappa shape index (κ1) is 15.3. The zero-order chi connectivity index (χ0) is 16.9. The summed E-state index contributed by atoms with van der Waals surface area (Å²) < 4.78 is 0. The molecule has 0 bridgehead atoms. The number of aromatic nitrogens is 4. The fraction of sp³-hybridized carbons (Fsp3) is 0.0667. The number of nitrogens with one attached hydrogen (secondary N) is 2. The third-order valence-corrected chi connectivity index (χ3v) is 3.06. The van der Waals surface area contributed by atoms with Crippen LogP contribution < -0.4 is 10.6 Å². The third-order valence-electron chi connectivity index (χ3n) is 3.06. The Bertz CT molecular complexity index is 856. The molecule has 0 aliphatic rings. The van der Waals surface area contributed by atoms with Crippen LogP contribution in [0.1, 0.15) is 5.69 Å². The van der Waals surface area contributed by atoms with E-state index in [1.807, 2.05) is 0 Å². The van der Waals surface area contributed by atoms with Crippen molar-refractivity contribution in [1.29, 1.82) is 0 Å². The van der Waals surface area contributed by atoms with Gasteiger partial charge >= 0.3 is 5.69 Å². The van der Waals surface area contributed by atoms with Crippen LogP contribution >= 0.6 is 0 Å². The number of rotatable bonds is 5. The summed E-state index contributed by atoms with van der Waals surface area (Å²) in [5.41, 5.74) is 0.0269. The molecule has 2 N–H and O–H groups in total. The van der Waals surface area contributed by atoms with Crippen molar-refractivity contribution in [3.63, 3.8) is 0 Å². The minimum atomic E-state index is -0.523. The van der Waals surface area contributed by atoms with Gasteiger partial charge in [-0.1, -0.05) is 12.1 Å². The lowest BCUT2D eigenvalue weighted by atomic mass is 10.3. The molecule has 3 heterocycles. The van der Waals surface area contributed by atoms with Crippen molar-refractivity contribution in [1.82, 2.24) is 19.9 Å². The van der Waals surface area contributed by atoms with E-state index >= 15 is 0 Å². The number of nitrogens with zero attached hydrogens (tertiary/aromatic N) is 5. The monoisotopic (exact) mass is 323 g/mol. The molecular weight excluding hydrogens is 310 g/mol.